The maximum atomic E-state index is 11.5. The molecule has 37 heavy (non-hydrogen) atoms. The van der Waals surface area contributed by atoms with E-state index in [1.807, 2.05) is 36.4 Å². The van der Waals surface area contributed by atoms with Crippen molar-refractivity contribution in [3.63, 3.8) is 0 Å². The van der Waals surface area contributed by atoms with Crippen LogP contribution in [0.1, 0.15) is 42.1 Å². The van der Waals surface area contributed by atoms with Crippen molar-refractivity contribution >= 4 is 34.6 Å². The van der Waals surface area contributed by atoms with Gasteiger partial charge in [-0.15, -0.1) is 0 Å². The van der Waals surface area contributed by atoms with Crippen molar-refractivity contribution in [2.75, 3.05) is 32.1 Å². The molecule has 0 bridgehead atoms. The van der Waals surface area contributed by atoms with E-state index in [-0.39, 0.29) is 11.3 Å². The molecule has 1 spiro atoms. The van der Waals surface area contributed by atoms with Gasteiger partial charge >= 0.3 is 0 Å². The molecule has 1 saturated carbocycles. The molecule has 0 radical (unpaired) electrons. The number of rotatable bonds is 8. The zero-order valence-electron chi connectivity index (χ0n) is 21.5. The average molecular weight is 495 g/mol. The Hall–Kier alpha value is -3.74. The molecule has 0 atom stereocenters. The molecule has 0 saturated heterocycles. The number of para-hydroxylation sites is 2. The van der Waals surface area contributed by atoms with E-state index in [0.29, 0.717) is 0 Å². The van der Waals surface area contributed by atoms with E-state index in [9.17, 15) is 4.79 Å². The Balaban J connectivity index is 0.000000192. The molecular weight excluding hydrogens is 460 g/mol. The van der Waals surface area contributed by atoms with Gasteiger partial charge in [0.05, 0.1) is 23.2 Å². The first kappa shape index (κ1) is 24.9. The average Bonchev–Trinajstić information content (AvgIpc) is 3.57. The Morgan fingerprint density at radius 2 is 1.76 bits per heavy atom. The van der Waals surface area contributed by atoms with Gasteiger partial charge in [-0.2, -0.15) is 5.10 Å². The molecule has 190 valence electrons. The summed E-state index contributed by atoms with van der Waals surface area (Å²) in [6, 6.07) is 24.9. The maximum Gasteiger partial charge on any atom is 0.235 e. The summed E-state index contributed by atoms with van der Waals surface area (Å²) < 4.78 is 5.17. The smallest absolute Gasteiger partial charge is 0.235 e. The van der Waals surface area contributed by atoms with E-state index < -0.39 is 0 Å². The molecule has 1 fully saturated rings. The summed E-state index contributed by atoms with van der Waals surface area (Å²) in [6.45, 7) is 5.89. The number of fused-ring (bicyclic) bond motifs is 3. The molecule has 4 aromatic rings. The number of likely N-dealkylation sites (N-methyl/N-ethyl adjacent to an activating group) is 1. The van der Waals surface area contributed by atoms with Crippen LogP contribution in [0.15, 0.2) is 72.8 Å². The van der Waals surface area contributed by atoms with Crippen LogP contribution in [0.3, 0.4) is 0 Å². The van der Waals surface area contributed by atoms with Gasteiger partial charge in [0.1, 0.15) is 0 Å². The Labute approximate surface area is 218 Å². The van der Waals surface area contributed by atoms with Gasteiger partial charge in [0.25, 0.3) is 0 Å². The van der Waals surface area contributed by atoms with Gasteiger partial charge in [-0.3, -0.25) is 14.8 Å². The SMILES string of the molecule is CCN(CCOC)Cc1ccc(/C=C/c2n[nH]c3ccccc23)cc1.O=C1Nc2ccccc2C12CC2. The van der Waals surface area contributed by atoms with Gasteiger partial charge in [-0.1, -0.05) is 73.7 Å². The number of benzene rings is 3. The number of H-pyrrole nitrogens is 1. The topological polar surface area (TPSA) is 70.2 Å². The molecule has 6 rings (SSSR count). The van der Waals surface area contributed by atoms with Gasteiger partial charge in [0.15, 0.2) is 0 Å². The number of carbonyl (C=O) groups excluding carboxylic acids is 1. The highest BCUT2D eigenvalue weighted by Gasteiger charge is 2.55. The second-order valence-electron chi connectivity index (χ2n) is 9.67. The lowest BCUT2D eigenvalue weighted by molar-refractivity contribution is -0.117. The van der Waals surface area contributed by atoms with Crippen LogP contribution < -0.4 is 5.32 Å². The van der Waals surface area contributed by atoms with E-state index in [1.54, 1.807) is 7.11 Å². The van der Waals surface area contributed by atoms with Crippen LogP contribution in [0.25, 0.3) is 23.1 Å². The summed E-state index contributed by atoms with van der Waals surface area (Å²) in [4.78, 5) is 13.9. The third-order valence-electron chi connectivity index (χ3n) is 7.25. The molecular formula is C31H34N4O2. The summed E-state index contributed by atoms with van der Waals surface area (Å²) in [5.74, 6) is 0.198. The van der Waals surface area contributed by atoms with Gasteiger partial charge in [-0.25, -0.2) is 0 Å². The van der Waals surface area contributed by atoms with E-state index >= 15 is 0 Å². The van der Waals surface area contributed by atoms with E-state index in [2.05, 4.69) is 75.9 Å². The highest BCUT2D eigenvalue weighted by atomic mass is 16.5. The van der Waals surface area contributed by atoms with Crippen molar-refractivity contribution < 1.29 is 9.53 Å². The number of hydrogen-bond donors (Lipinski definition) is 2. The van der Waals surface area contributed by atoms with E-state index in [4.69, 9.17) is 4.74 Å². The summed E-state index contributed by atoms with van der Waals surface area (Å²) in [5, 5.41) is 11.5. The van der Waals surface area contributed by atoms with Gasteiger partial charge < -0.3 is 10.1 Å². The molecule has 6 heteroatoms. The first-order valence-corrected chi connectivity index (χ1v) is 13.0. The van der Waals surface area contributed by atoms with Crippen LogP contribution in [0.2, 0.25) is 0 Å². The Bertz CT molecular complexity index is 1390. The monoisotopic (exact) mass is 494 g/mol. The van der Waals surface area contributed by atoms with Crippen LogP contribution in [-0.4, -0.2) is 47.8 Å². The van der Waals surface area contributed by atoms with Crippen LogP contribution in [0.4, 0.5) is 5.69 Å². The number of aromatic amines is 1. The van der Waals surface area contributed by atoms with Crippen molar-refractivity contribution in [1.82, 2.24) is 15.1 Å². The largest absolute Gasteiger partial charge is 0.383 e. The summed E-state index contributed by atoms with van der Waals surface area (Å²) in [5.41, 5.74) is 6.63. The van der Waals surface area contributed by atoms with Crippen molar-refractivity contribution in [3.8, 4) is 0 Å². The standard InChI is InChI=1S/C21H25N3O.C10H9NO/c1-3-24(14-15-25-2)16-18-10-8-17(9-11-18)12-13-21-19-6-4-5-7-20(19)22-23-21;12-9-10(5-6-10)7-3-1-2-4-8(7)11-9/h4-13H,3,14-16H2,1-2H3,(H,22,23);1-4H,5-6H2,(H,11,12)/b13-12+;. The molecule has 3 aromatic carbocycles. The minimum absolute atomic E-state index is 0.114. The summed E-state index contributed by atoms with van der Waals surface area (Å²) in [6.07, 6.45) is 6.21. The summed E-state index contributed by atoms with van der Waals surface area (Å²) >= 11 is 0. The van der Waals surface area contributed by atoms with Crippen molar-refractivity contribution in [2.45, 2.75) is 31.7 Å². The van der Waals surface area contributed by atoms with Gasteiger partial charge in [-0.05, 0) is 54.3 Å². The normalized spacial score (nSPS) is 15.2. The molecule has 2 heterocycles. The number of nitrogens with one attached hydrogen (secondary N) is 2. The number of methoxy groups -OCH3 is 1. The van der Waals surface area contributed by atoms with Crippen molar-refractivity contribution in [1.29, 1.82) is 0 Å². The summed E-state index contributed by atoms with van der Waals surface area (Å²) in [7, 11) is 1.75. The number of nitrogens with zero attached hydrogens (tertiary/aromatic N) is 2. The minimum atomic E-state index is -0.114. The Morgan fingerprint density at radius 3 is 2.51 bits per heavy atom. The lowest BCUT2D eigenvalue weighted by Crippen LogP contribution is -2.26. The molecule has 2 N–H and O–H groups in total. The number of ether oxygens (including phenoxy) is 1. The fourth-order valence-corrected chi connectivity index (χ4v) is 4.84. The zero-order valence-corrected chi connectivity index (χ0v) is 21.5. The first-order valence-electron chi connectivity index (χ1n) is 13.0. The van der Waals surface area contributed by atoms with Crippen LogP contribution in [-0.2, 0) is 21.5 Å². The number of aromatic nitrogens is 2. The minimum Gasteiger partial charge on any atom is -0.383 e. The van der Waals surface area contributed by atoms with Crippen molar-refractivity contribution in [2.24, 2.45) is 0 Å². The van der Waals surface area contributed by atoms with Crippen LogP contribution in [0.5, 0.6) is 0 Å². The molecule has 1 amide bonds. The molecule has 6 nitrogen and oxygen atoms in total. The highest BCUT2D eigenvalue weighted by Crippen LogP contribution is 2.54. The molecule has 0 unspecified atom stereocenters. The quantitative estimate of drug-likeness (QED) is 0.321. The number of carbonyl (C=O) groups is 1. The fraction of sp³-hybridized carbons (Fsp3) is 0.290. The molecule has 2 aliphatic rings. The zero-order chi connectivity index (χ0) is 25.7. The third-order valence-corrected chi connectivity index (χ3v) is 7.25. The highest BCUT2D eigenvalue weighted by molar-refractivity contribution is 6.08. The fourth-order valence-electron chi connectivity index (χ4n) is 4.84. The van der Waals surface area contributed by atoms with E-state index in [1.165, 1.54) is 16.7 Å². The van der Waals surface area contributed by atoms with Crippen LogP contribution >= 0.6 is 0 Å². The van der Waals surface area contributed by atoms with Crippen LogP contribution in [0, 0.1) is 0 Å². The molecule has 1 aliphatic carbocycles. The lowest BCUT2D eigenvalue weighted by Gasteiger charge is -2.19. The predicted octanol–water partition coefficient (Wildman–Crippen LogP) is 5.87. The first-order chi connectivity index (χ1) is 18.1. The second kappa shape index (κ2) is 11.1. The lowest BCUT2D eigenvalue weighted by atomic mass is 9.98. The Kier molecular flexibility index (Phi) is 7.49. The Morgan fingerprint density at radius 1 is 1.00 bits per heavy atom. The third kappa shape index (κ3) is 5.50. The maximum absolute atomic E-state index is 11.5. The molecule has 1 aliphatic heterocycles. The van der Waals surface area contributed by atoms with Crippen molar-refractivity contribution in [3.05, 3.63) is 95.2 Å². The number of hydrogen-bond acceptors (Lipinski definition) is 4. The van der Waals surface area contributed by atoms with Gasteiger partial charge in [0.2, 0.25) is 5.91 Å². The predicted molar refractivity (Wildman–Crippen MR) is 150 cm³/mol. The van der Waals surface area contributed by atoms with E-state index in [0.717, 1.165) is 61.4 Å². The number of anilines is 1. The number of amides is 1. The van der Waals surface area contributed by atoms with Gasteiger partial charge in [0, 0.05) is 31.3 Å². The molecule has 1 aromatic heterocycles. The second-order valence-corrected chi connectivity index (χ2v) is 9.67.